The predicted octanol–water partition coefficient (Wildman–Crippen LogP) is 0.640. The fourth-order valence-corrected chi connectivity index (χ4v) is 2.76. The number of hydrogen-bond donors (Lipinski definition) is 1. The van der Waals surface area contributed by atoms with Crippen molar-refractivity contribution in [2.45, 2.75) is 20.8 Å². The molecule has 8 heteroatoms. The Hall–Kier alpha value is -2.38. The summed E-state index contributed by atoms with van der Waals surface area (Å²) in [4.78, 5) is 25.3. The number of piperazine rings is 1. The van der Waals surface area contributed by atoms with E-state index in [1.165, 1.54) is 0 Å². The summed E-state index contributed by atoms with van der Waals surface area (Å²) in [5, 5.41) is 4.93. The summed E-state index contributed by atoms with van der Waals surface area (Å²) < 4.78 is 1.69. The second-order valence-corrected chi connectivity index (χ2v) is 6.94. The minimum Gasteiger partial charge on any atom is -0.383 e. The Labute approximate surface area is 135 Å². The molecule has 1 aliphatic heterocycles. The van der Waals surface area contributed by atoms with Gasteiger partial charge in [-0.3, -0.25) is 9.48 Å². The SMILES string of the molecule is Cn1ncc2c(N)nc(N3CCN(C(=O)C(C)(C)C)CC3)nc21. The van der Waals surface area contributed by atoms with Crippen LogP contribution in [0.1, 0.15) is 20.8 Å². The maximum Gasteiger partial charge on any atom is 0.229 e. The topological polar surface area (TPSA) is 93.2 Å². The minimum absolute atomic E-state index is 0.180. The molecular weight excluding hydrogens is 294 g/mol. The van der Waals surface area contributed by atoms with Crippen LogP contribution < -0.4 is 10.6 Å². The predicted molar refractivity (Wildman–Crippen MR) is 89.0 cm³/mol. The van der Waals surface area contributed by atoms with E-state index in [1.54, 1.807) is 10.9 Å². The number of fused-ring (bicyclic) bond motifs is 1. The normalized spacial score (nSPS) is 16.2. The van der Waals surface area contributed by atoms with E-state index in [9.17, 15) is 4.79 Å². The first-order chi connectivity index (χ1) is 10.8. The molecule has 23 heavy (non-hydrogen) atoms. The van der Waals surface area contributed by atoms with Crippen molar-refractivity contribution in [1.82, 2.24) is 24.6 Å². The molecule has 0 aliphatic carbocycles. The Kier molecular flexibility index (Phi) is 3.62. The molecule has 1 saturated heterocycles. The fourth-order valence-electron chi connectivity index (χ4n) is 2.76. The van der Waals surface area contributed by atoms with E-state index in [2.05, 4.69) is 20.0 Å². The number of aryl methyl sites for hydroxylation is 1. The smallest absolute Gasteiger partial charge is 0.229 e. The monoisotopic (exact) mass is 317 g/mol. The van der Waals surface area contributed by atoms with Crippen molar-refractivity contribution in [3.63, 3.8) is 0 Å². The van der Waals surface area contributed by atoms with E-state index in [0.29, 0.717) is 37.9 Å². The average molecular weight is 317 g/mol. The van der Waals surface area contributed by atoms with Crippen molar-refractivity contribution in [3.8, 4) is 0 Å². The summed E-state index contributed by atoms with van der Waals surface area (Å²) in [6, 6.07) is 0. The highest BCUT2D eigenvalue weighted by atomic mass is 16.2. The summed E-state index contributed by atoms with van der Waals surface area (Å²) in [7, 11) is 1.83. The number of aromatic nitrogens is 4. The summed E-state index contributed by atoms with van der Waals surface area (Å²) in [5.41, 5.74) is 6.39. The third kappa shape index (κ3) is 2.80. The maximum absolute atomic E-state index is 12.3. The lowest BCUT2D eigenvalue weighted by Crippen LogP contribution is -2.52. The van der Waals surface area contributed by atoms with Crippen LogP contribution in [0.2, 0.25) is 0 Å². The van der Waals surface area contributed by atoms with Gasteiger partial charge in [0.2, 0.25) is 11.9 Å². The van der Waals surface area contributed by atoms with E-state index in [0.717, 1.165) is 11.0 Å². The lowest BCUT2D eigenvalue weighted by molar-refractivity contribution is -0.139. The molecule has 1 fully saturated rings. The number of carbonyl (C=O) groups excluding carboxylic acids is 1. The second-order valence-electron chi connectivity index (χ2n) is 6.94. The van der Waals surface area contributed by atoms with Crippen molar-refractivity contribution in [1.29, 1.82) is 0 Å². The Morgan fingerprint density at radius 2 is 1.83 bits per heavy atom. The first kappa shape index (κ1) is 15.5. The molecule has 1 aliphatic rings. The largest absolute Gasteiger partial charge is 0.383 e. The fraction of sp³-hybridized carbons (Fsp3) is 0.600. The molecule has 2 N–H and O–H groups in total. The van der Waals surface area contributed by atoms with Crippen LogP contribution in [0.3, 0.4) is 0 Å². The molecule has 3 heterocycles. The van der Waals surface area contributed by atoms with Crippen molar-refractivity contribution >= 4 is 28.7 Å². The number of nitrogen functional groups attached to an aromatic ring is 1. The lowest BCUT2D eigenvalue weighted by atomic mass is 9.94. The van der Waals surface area contributed by atoms with Crippen LogP contribution in [0.5, 0.6) is 0 Å². The third-order valence-corrected chi connectivity index (χ3v) is 4.10. The van der Waals surface area contributed by atoms with Gasteiger partial charge in [-0.25, -0.2) is 0 Å². The molecule has 3 rings (SSSR count). The maximum atomic E-state index is 12.3. The van der Waals surface area contributed by atoms with E-state index in [1.807, 2.05) is 32.7 Å². The summed E-state index contributed by atoms with van der Waals surface area (Å²) in [5.74, 6) is 1.22. The Morgan fingerprint density at radius 1 is 1.17 bits per heavy atom. The van der Waals surface area contributed by atoms with Gasteiger partial charge >= 0.3 is 0 Å². The Morgan fingerprint density at radius 3 is 2.43 bits per heavy atom. The van der Waals surface area contributed by atoms with Crippen LogP contribution in [0, 0.1) is 5.41 Å². The zero-order valence-corrected chi connectivity index (χ0v) is 14.1. The van der Waals surface area contributed by atoms with Gasteiger partial charge in [-0.2, -0.15) is 15.1 Å². The van der Waals surface area contributed by atoms with Gasteiger partial charge in [0.05, 0.1) is 11.6 Å². The number of amides is 1. The van der Waals surface area contributed by atoms with Crippen molar-refractivity contribution in [2.75, 3.05) is 36.8 Å². The minimum atomic E-state index is -0.350. The number of nitrogens with zero attached hydrogens (tertiary/aromatic N) is 6. The number of rotatable bonds is 1. The zero-order chi connectivity index (χ0) is 16.8. The van der Waals surface area contributed by atoms with E-state index < -0.39 is 0 Å². The van der Waals surface area contributed by atoms with Crippen molar-refractivity contribution in [2.24, 2.45) is 12.5 Å². The number of anilines is 2. The molecule has 0 radical (unpaired) electrons. The summed E-state index contributed by atoms with van der Waals surface area (Å²) in [6.07, 6.45) is 1.67. The summed E-state index contributed by atoms with van der Waals surface area (Å²) in [6.45, 7) is 8.58. The lowest BCUT2D eigenvalue weighted by Gasteiger charge is -2.37. The molecule has 0 bridgehead atoms. The van der Waals surface area contributed by atoms with Crippen LogP contribution in [0.4, 0.5) is 11.8 Å². The molecule has 2 aromatic heterocycles. The summed E-state index contributed by atoms with van der Waals surface area (Å²) >= 11 is 0. The highest BCUT2D eigenvalue weighted by Gasteiger charge is 2.30. The van der Waals surface area contributed by atoms with Gasteiger partial charge in [0.25, 0.3) is 0 Å². The van der Waals surface area contributed by atoms with Crippen LogP contribution in [0.15, 0.2) is 6.20 Å². The molecule has 0 spiro atoms. The Balaban J connectivity index is 1.78. The first-order valence-electron chi connectivity index (χ1n) is 7.77. The first-order valence-corrected chi connectivity index (χ1v) is 7.77. The van der Waals surface area contributed by atoms with Crippen molar-refractivity contribution in [3.05, 3.63) is 6.20 Å². The molecule has 8 nitrogen and oxygen atoms in total. The quantitative estimate of drug-likeness (QED) is 0.829. The third-order valence-electron chi connectivity index (χ3n) is 4.10. The molecular formula is C15H23N7O. The van der Waals surface area contributed by atoms with Crippen molar-refractivity contribution < 1.29 is 4.79 Å². The van der Waals surface area contributed by atoms with Gasteiger partial charge in [-0.1, -0.05) is 20.8 Å². The Bertz CT molecular complexity index is 738. The molecule has 0 saturated carbocycles. The molecule has 2 aromatic rings. The molecule has 1 amide bonds. The average Bonchev–Trinajstić information content (AvgIpc) is 2.88. The number of carbonyl (C=O) groups is 1. The molecule has 0 aromatic carbocycles. The van der Waals surface area contributed by atoms with Gasteiger partial charge < -0.3 is 15.5 Å². The van der Waals surface area contributed by atoms with Gasteiger partial charge in [0.15, 0.2) is 5.65 Å². The van der Waals surface area contributed by atoms with Crippen LogP contribution in [0.25, 0.3) is 11.0 Å². The van der Waals surface area contributed by atoms with Gasteiger partial charge in [-0.05, 0) is 0 Å². The van der Waals surface area contributed by atoms with E-state index in [4.69, 9.17) is 5.73 Å². The van der Waals surface area contributed by atoms with Crippen LogP contribution in [-0.4, -0.2) is 56.7 Å². The standard InChI is InChI=1S/C15H23N7O/c1-15(2,3)13(23)21-5-7-22(8-6-21)14-18-11(16)10-9-17-20(4)12(10)19-14/h9H,5-8H2,1-4H3,(H2,16,18,19). The molecule has 0 atom stereocenters. The number of nitrogens with two attached hydrogens (primary N) is 1. The van der Waals surface area contributed by atoms with E-state index >= 15 is 0 Å². The van der Waals surface area contributed by atoms with Gasteiger partial charge in [0, 0.05) is 38.6 Å². The highest BCUT2D eigenvalue weighted by Crippen LogP contribution is 2.23. The van der Waals surface area contributed by atoms with Crippen LogP contribution >= 0.6 is 0 Å². The number of hydrogen-bond acceptors (Lipinski definition) is 6. The van der Waals surface area contributed by atoms with Gasteiger partial charge in [0.1, 0.15) is 5.82 Å². The zero-order valence-electron chi connectivity index (χ0n) is 14.1. The van der Waals surface area contributed by atoms with Crippen LogP contribution in [-0.2, 0) is 11.8 Å². The molecule has 124 valence electrons. The highest BCUT2D eigenvalue weighted by molar-refractivity contribution is 5.86. The van der Waals surface area contributed by atoms with E-state index in [-0.39, 0.29) is 11.3 Å². The second kappa shape index (κ2) is 5.36. The van der Waals surface area contributed by atoms with Gasteiger partial charge in [-0.15, -0.1) is 0 Å². The molecule has 0 unspecified atom stereocenters.